The van der Waals surface area contributed by atoms with Crippen LogP contribution in [-0.4, -0.2) is 41.2 Å². The molecular formula is C19H21BrN2O4. The Labute approximate surface area is 160 Å². The molecular weight excluding hydrogens is 400 g/mol. The molecule has 6 nitrogen and oxygen atoms in total. The molecule has 1 aromatic carbocycles. The number of nitrogens with one attached hydrogen (secondary N) is 1. The van der Waals surface area contributed by atoms with Gasteiger partial charge in [-0.05, 0) is 44.0 Å². The van der Waals surface area contributed by atoms with Gasteiger partial charge in [-0.1, -0.05) is 28.1 Å². The smallest absolute Gasteiger partial charge is 0.355 e. The first-order valence-electron chi connectivity index (χ1n) is 8.06. The number of carbonyl (C=O) groups is 3. The van der Waals surface area contributed by atoms with Crippen LogP contribution in [0.15, 0.2) is 28.7 Å². The third kappa shape index (κ3) is 4.60. The number of rotatable bonds is 6. The van der Waals surface area contributed by atoms with E-state index in [9.17, 15) is 14.4 Å². The molecule has 0 saturated heterocycles. The van der Waals surface area contributed by atoms with E-state index in [2.05, 4.69) is 20.9 Å². The lowest BCUT2D eigenvalue weighted by molar-refractivity contribution is -0.133. The van der Waals surface area contributed by atoms with Crippen molar-refractivity contribution in [3.05, 3.63) is 56.8 Å². The fourth-order valence-electron chi connectivity index (χ4n) is 2.74. The van der Waals surface area contributed by atoms with Crippen LogP contribution >= 0.6 is 15.9 Å². The molecule has 0 aliphatic carbocycles. The lowest BCUT2D eigenvalue weighted by atomic mass is 10.1. The van der Waals surface area contributed by atoms with Crippen molar-refractivity contribution in [3.63, 3.8) is 0 Å². The molecule has 1 aromatic heterocycles. The van der Waals surface area contributed by atoms with Gasteiger partial charge in [0.15, 0.2) is 12.4 Å². The molecule has 1 heterocycles. The molecule has 1 amide bonds. The number of amides is 1. The lowest BCUT2D eigenvalue weighted by Crippen LogP contribution is -2.31. The van der Waals surface area contributed by atoms with Crippen molar-refractivity contribution in [3.8, 4) is 0 Å². The molecule has 0 aliphatic rings. The summed E-state index contributed by atoms with van der Waals surface area (Å²) in [6.45, 7) is 4.90. The Balaban J connectivity index is 1.96. The van der Waals surface area contributed by atoms with Gasteiger partial charge in [0.1, 0.15) is 5.69 Å². The highest BCUT2D eigenvalue weighted by atomic mass is 79.9. The maximum absolute atomic E-state index is 12.2. The summed E-state index contributed by atoms with van der Waals surface area (Å²) >= 11 is 3.36. The van der Waals surface area contributed by atoms with E-state index < -0.39 is 5.97 Å². The summed E-state index contributed by atoms with van der Waals surface area (Å²) in [5, 5.41) is 0. The van der Waals surface area contributed by atoms with Crippen LogP contribution in [-0.2, 0) is 16.1 Å². The third-order valence-electron chi connectivity index (χ3n) is 4.08. The minimum Gasteiger partial charge on any atom is -0.451 e. The normalized spacial score (nSPS) is 10.5. The SMILES string of the molecule is CC(=O)c1c(C)[nH]c(C(=O)OCC(=O)N(C)Cc2ccc(Br)cc2)c1C. The Morgan fingerprint density at radius 3 is 2.31 bits per heavy atom. The number of benzene rings is 1. The van der Waals surface area contributed by atoms with Crippen LogP contribution in [0.2, 0.25) is 0 Å². The van der Waals surface area contributed by atoms with Gasteiger partial charge in [0.05, 0.1) is 0 Å². The number of hydrogen-bond donors (Lipinski definition) is 1. The lowest BCUT2D eigenvalue weighted by Gasteiger charge is -2.17. The first kappa shape index (κ1) is 19.9. The molecule has 0 aliphatic heterocycles. The quantitative estimate of drug-likeness (QED) is 0.573. The summed E-state index contributed by atoms with van der Waals surface area (Å²) in [6, 6.07) is 7.62. The summed E-state index contributed by atoms with van der Waals surface area (Å²) in [5.74, 6) is -1.09. The van der Waals surface area contributed by atoms with Gasteiger partial charge < -0.3 is 14.6 Å². The van der Waals surface area contributed by atoms with Crippen molar-refractivity contribution >= 4 is 33.6 Å². The van der Waals surface area contributed by atoms with Gasteiger partial charge >= 0.3 is 5.97 Å². The number of esters is 1. The number of ketones is 1. The first-order chi connectivity index (χ1) is 12.2. The molecule has 2 aromatic rings. The van der Waals surface area contributed by atoms with Gasteiger partial charge in [-0.25, -0.2) is 4.79 Å². The third-order valence-corrected chi connectivity index (χ3v) is 4.61. The van der Waals surface area contributed by atoms with Gasteiger partial charge in [-0.15, -0.1) is 0 Å². The average molecular weight is 421 g/mol. The number of carbonyl (C=O) groups excluding carboxylic acids is 3. The number of halogens is 1. The van der Waals surface area contributed by atoms with Crippen LogP contribution in [0.25, 0.3) is 0 Å². The van der Waals surface area contributed by atoms with Gasteiger partial charge in [0.25, 0.3) is 5.91 Å². The number of Topliss-reactive ketones (excluding diaryl/α,β-unsaturated/α-hetero) is 1. The number of nitrogens with zero attached hydrogens (tertiary/aromatic N) is 1. The predicted molar refractivity (Wildman–Crippen MR) is 101 cm³/mol. The minimum atomic E-state index is -0.650. The zero-order valence-electron chi connectivity index (χ0n) is 15.2. The van der Waals surface area contributed by atoms with Crippen molar-refractivity contribution in [2.75, 3.05) is 13.7 Å². The Bertz CT molecular complexity index is 840. The number of hydrogen-bond acceptors (Lipinski definition) is 4. The standard InChI is InChI=1S/C19H21BrN2O4/c1-11-17(13(3)23)12(2)21-18(11)19(25)26-10-16(24)22(4)9-14-5-7-15(20)8-6-14/h5-8,21H,9-10H2,1-4H3. The molecule has 0 spiro atoms. The number of aromatic nitrogens is 1. The Morgan fingerprint density at radius 2 is 1.77 bits per heavy atom. The summed E-state index contributed by atoms with van der Waals surface area (Å²) in [4.78, 5) is 40.4. The van der Waals surface area contributed by atoms with Crippen molar-refractivity contribution < 1.29 is 19.1 Å². The highest BCUT2D eigenvalue weighted by molar-refractivity contribution is 9.10. The molecule has 0 unspecified atom stereocenters. The molecule has 138 valence electrons. The number of H-pyrrole nitrogens is 1. The van der Waals surface area contributed by atoms with E-state index in [4.69, 9.17) is 4.74 Å². The van der Waals surface area contributed by atoms with Gasteiger partial charge in [-0.2, -0.15) is 0 Å². The number of likely N-dealkylation sites (N-methyl/N-ethyl adjacent to an activating group) is 1. The summed E-state index contributed by atoms with van der Waals surface area (Å²) in [6.07, 6.45) is 0. The van der Waals surface area contributed by atoms with Crippen LogP contribution in [0.4, 0.5) is 0 Å². The molecule has 7 heteroatoms. The molecule has 26 heavy (non-hydrogen) atoms. The molecule has 0 fully saturated rings. The van der Waals surface area contributed by atoms with Gasteiger partial charge in [0, 0.05) is 29.3 Å². The molecule has 0 bridgehead atoms. The van der Waals surface area contributed by atoms with Gasteiger partial charge in [-0.3, -0.25) is 9.59 Å². The first-order valence-corrected chi connectivity index (χ1v) is 8.85. The Morgan fingerprint density at radius 1 is 1.15 bits per heavy atom. The molecule has 1 N–H and O–H groups in total. The summed E-state index contributed by atoms with van der Waals surface area (Å²) in [7, 11) is 1.65. The van der Waals surface area contributed by atoms with Crippen molar-refractivity contribution in [2.45, 2.75) is 27.3 Å². The average Bonchev–Trinajstić information content (AvgIpc) is 2.89. The van der Waals surface area contributed by atoms with Crippen LogP contribution in [0, 0.1) is 13.8 Å². The van der Waals surface area contributed by atoms with Crippen LogP contribution in [0.3, 0.4) is 0 Å². The second kappa shape index (κ2) is 8.31. The van der Waals surface area contributed by atoms with Crippen molar-refractivity contribution in [1.82, 2.24) is 9.88 Å². The number of aryl methyl sites for hydroxylation is 1. The van der Waals surface area contributed by atoms with E-state index >= 15 is 0 Å². The topological polar surface area (TPSA) is 79.5 Å². The highest BCUT2D eigenvalue weighted by Crippen LogP contribution is 2.19. The van der Waals surface area contributed by atoms with Crippen LogP contribution in [0.5, 0.6) is 0 Å². The molecule has 0 atom stereocenters. The fourth-order valence-corrected chi connectivity index (χ4v) is 3.01. The van der Waals surface area contributed by atoms with E-state index in [1.807, 2.05) is 24.3 Å². The van der Waals surface area contributed by atoms with Crippen molar-refractivity contribution in [2.24, 2.45) is 0 Å². The van der Waals surface area contributed by atoms with E-state index in [1.54, 1.807) is 20.9 Å². The van der Waals surface area contributed by atoms with E-state index in [1.165, 1.54) is 11.8 Å². The molecule has 0 saturated carbocycles. The largest absolute Gasteiger partial charge is 0.451 e. The maximum Gasteiger partial charge on any atom is 0.355 e. The zero-order chi connectivity index (χ0) is 19.4. The monoisotopic (exact) mass is 420 g/mol. The van der Waals surface area contributed by atoms with E-state index in [0.29, 0.717) is 23.4 Å². The summed E-state index contributed by atoms with van der Waals surface area (Å²) in [5.41, 5.74) is 2.81. The maximum atomic E-state index is 12.2. The highest BCUT2D eigenvalue weighted by Gasteiger charge is 2.22. The molecule has 0 radical (unpaired) electrons. The summed E-state index contributed by atoms with van der Waals surface area (Å²) < 4.78 is 6.08. The zero-order valence-corrected chi connectivity index (χ0v) is 16.8. The second-order valence-corrected chi connectivity index (χ2v) is 7.05. The Hall–Kier alpha value is -2.41. The van der Waals surface area contributed by atoms with Crippen LogP contribution in [0.1, 0.15) is 44.6 Å². The number of ether oxygens (including phenoxy) is 1. The van der Waals surface area contributed by atoms with Crippen LogP contribution < -0.4 is 0 Å². The minimum absolute atomic E-state index is 0.124. The second-order valence-electron chi connectivity index (χ2n) is 6.13. The van der Waals surface area contributed by atoms with E-state index in [0.717, 1.165) is 10.0 Å². The van der Waals surface area contributed by atoms with Gasteiger partial charge in [0.2, 0.25) is 0 Å². The fraction of sp³-hybridized carbons (Fsp3) is 0.316. The predicted octanol–water partition coefficient (Wildman–Crippen LogP) is 3.41. The van der Waals surface area contributed by atoms with E-state index in [-0.39, 0.29) is 24.0 Å². The van der Waals surface area contributed by atoms with Crippen molar-refractivity contribution in [1.29, 1.82) is 0 Å². The molecule has 2 rings (SSSR count). The number of aromatic amines is 1. The Kier molecular flexibility index (Phi) is 6.37.